The second-order valence-electron chi connectivity index (χ2n) is 7.47. The van der Waals surface area contributed by atoms with Crippen molar-refractivity contribution in [3.63, 3.8) is 0 Å². The van der Waals surface area contributed by atoms with Crippen LogP contribution in [0.4, 0.5) is 0 Å². The van der Waals surface area contributed by atoms with Crippen LogP contribution in [0.25, 0.3) is 0 Å². The van der Waals surface area contributed by atoms with Gasteiger partial charge in [-0.1, -0.05) is 23.7 Å². The summed E-state index contributed by atoms with van der Waals surface area (Å²) in [6.07, 6.45) is 0.515. The summed E-state index contributed by atoms with van der Waals surface area (Å²) < 4.78 is 32.3. The van der Waals surface area contributed by atoms with E-state index in [1.165, 1.54) is 4.67 Å². The number of nitrogens with zero attached hydrogens (tertiary/aromatic N) is 1. The van der Waals surface area contributed by atoms with Crippen molar-refractivity contribution in [1.82, 2.24) is 4.67 Å². The number of carboxylic acid groups (broad SMARTS) is 1. The van der Waals surface area contributed by atoms with Crippen LogP contribution in [-0.2, 0) is 13.9 Å². The molecule has 1 aliphatic rings. The largest absolute Gasteiger partial charge is 0.497 e. The molecule has 0 saturated carbocycles. The third-order valence-corrected chi connectivity index (χ3v) is 8.20. The molecule has 1 aliphatic heterocycles. The summed E-state index contributed by atoms with van der Waals surface area (Å²) in [6.45, 7) is -0.176. The number of hydrogen-bond acceptors (Lipinski definition) is 5. The molecule has 172 valence electrons. The molecule has 1 heterocycles. The van der Waals surface area contributed by atoms with Crippen molar-refractivity contribution in [2.24, 2.45) is 0 Å². The lowest BCUT2D eigenvalue weighted by molar-refractivity contribution is -0.138. The van der Waals surface area contributed by atoms with Gasteiger partial charge in [0.1, 0.15) is 23.8 Å². The number of hydrogen-bond donors (Lipinski definition) is 1. The summed E-state index contributed by atoms with van der Waals surface area (Å²) in [5.41, 5.74) is 0.850. The molecule has 0 radical (unpaired) electrons. The normalized spacial score (nSPS) is 20.8. The molecule has 2 unspecified atom stereocenters. The van der Waals surface area contributed by atoms with Gasteiger partial charge in [-0.25, -0.2) is 4.67 Å². The van der Waals surface area contributed by atoms with Crippen LogP contribution in [0.3, 0.4) is 0 Å². The molecule has 9 heteroatoms. The molecule has 33 heavy (non-hydrogen) atoms. The van der Waals surface area contributed by atoms with Gasteiger partial charge < -0.3 is 19.1 Å². The summed E-state index contributed by atoms with van der Waals surface area (Å²) >= 11 is 5.90. The molecule has 1 saturated heterocycles. The number of carboxylic acids is 1. The van der Waals surface area contributed by atoms with E-state index in [0.29, 0.717) is 34.0 Å². The number of aliphatic carboxylic acids is 1. The van der Waals surface area contributed by atoms with E-state index in [0.717, 1.165) is 5.56 Å². The van der Waals surface area contributed by atoms with Gasteiger partial charge in [-0.3, -0.25) is 9.36 Å². The Bertz CT molecular complexity index is 1150. The smallest absolute Gasteiger partial charge is 0.318 e. The Balaban J connectivity index is 1.62. The molecule has 0 aliphatic carbocycles. The van der Waals surface area contributed by atoms with Crippen molar-refractivity contribution in [2.45, 2.75) is 12.5 Å². The molecular formula is C24H23ClNO6P. The average Bonchev–Trinajstić information content (AvgIpc) is 2.82. The molecule has 3 aromatic carbocycles. The number of halogens is 1. The number of ether oxygens (including phenoxy) is 2. The van der Waals surface area contributed by atoms with E-state index in [1.54, 1.807) is 67.8 Å². The molecule has 0 spiro atoms. The van der Waals surface area contributed by atoms with Gasteiger partial charge in [0.25, 0.3) is 0 Å². The highest BCUT2D eigenvalue weighted by Crippen LogP contribution is 2.57. The summed E-state index contributed by atoms with van der Waals surface area (Å²) in [5.74, 6) is 0.762. The molecular weight excluding hydrogens is 465 g/mol. The number of methoxy groups -OCH3 is 1. The van der Waals surface area contributed by atoms with E-state index in [2.05, 4.69) is 0 Å². The van der Waals surface area contributed by atoms with Gasteiger partial charge >= 0.3 is 13.5 Å². The molecule has 1 fully saturated rings. The average molecular weight is 488 g/mol. The minimum atomic E-state index is -3.63. The maximum absolute atomic E-state index is 14.1. The van der Waals surface area contributed by atoms with Crippen LogP contribution in [0.15, 0.2) is 72.8 Å². The highest BCUT2D eigenvalue weighted by Gasteiger charge is 2.44. The van der Waals surface area contributed by atoms with Crippen molar-refractivity contribution in [3.8, 4) is 17.2 Å². The number of benzene rings is 3. The maximum atomic E-state index is 14.1. The summed E-state index contributed by atoms with van der Waals surface area (Å²) in [4.78, 5) is 11.7. The third-order valence-electron chi connectivity index (χ3n) is 5.37. The van der Waals surface area contributed by atoms with Gasteiger partial charge in [-0.05, 0) is 72.6 Å². The molecule has 3 aromatic rings. The number of rotatable bonds is 7. The van der Waals surface area contributed by atoms with Crippen LogP contribution >= 0.6 is 19.1 Å². The first-order valence-corrected chi connectivity index (χ1v) is 12.3. The fourth-order valence-corrected chi connectivity index (χ4v) is 6.29. The Hall–Kier alpha value is -2.83. The first-order valence-electron chi connectivity index (χ1n) is 10.3. The molecule has 0 amide bonds. The maximum Gasteiger partial charge on any atom is 0.318 e. The van der Waals surface area contributed by atoms with Crippen LogP contribution in [0, 0.1) is 0 Å². The second kappa shape index (κ2) is 9.98. The van der Waals surface area contributed by atoms with Crippen LogP contribution in [0.1, 0.15) is 18.0 Å². The minimum absolute atomic E-state index is 0.243. The van der Waals surface area contributed by atoms with Crippen LogP contribution in [0.5, 0.6) is 17.2 Å². The Morgan fingerprint density at radius 3 is 2.18 bits per heavy atom. The van der Waals surface area contributed by atoms with Crippen LogP contribution < -0.4 is 14.8 Å². The lowest BCUT2D eigenvalue weighted by atomic mass is 10.0. The Kier molecular flexibility index (Phi) is 7.05. The zero-order valence-electron chi connectivity index (χ0n) is 17.9. The van der Waals surface area contributed by atoms with E-state index in [9.17, 15) is 14.5 Å². The Morgan fingerprint density at radius 1 is 1.03 bits per heavy atom. The first kappa shape index (κ1) is 23.3. The zero-order valence-corrected chi connectivity index (χ0v) is 19.5. The predicted octanol–water partition coefficient (Wildman–Crippen LogP) is 5.51. The highest BCUT2D eigenvalue weighted by atomic mass is 35.5. The lowest BCUT2D eigenvalue weighted by Crippen LogP contribution is -2.39. The van der Waals surface area contributed by atoms with Crippen molar-refractivity contribution < 1.29 is 28.5 Å². The minimum Gasteiger partial charge on any atom is -0.497 e. The SMILES string of the molecule is COc1ccc(C2CCOP(=O)(c3ccc(Oc4ccc(Cl)cc4)cc3)N2CC(=O)O)cc1. The van der Waals surface area contributed by atoms with E-state index in [1.807, 2.05) is 12.1 Å². The van der Waals surface area contributed by atoms with Crippen LogP contribution in [-0.4, -0.2) is 36.0 Å². The molecule has 1 N–H and O–H groups in total. The van der Waals surface area contributed by atoms with Crippen LogP contribution in [0.2, 0.25) is 5.02 Å². The summed E-state index contributed by atoms with van der Waals surface area (Å²) in [6, 6.07) is 20.6. The van der Waals surface area contributed by atoms with E-state index in [4.69, 9.17) is 25.6 Å². The monoisotopic (exact) mass is 487 g/mol. The fraction of sp³-hybridized carbons (Fsp3) is 0.208. The fourth-order valence-electron chi connectivity index (χ4n) is 3.77. The van der Waals surface area contributed by atoms with Crippen molar-refractivity contribution in [2.75, 3.05) is 20.3 Å². The van der Waals surface area contributed by atoms with Gasteiger partial charge in [-0.15, -0.1) is 0 Å². The van der Waals surface area contributed by atoms with E-state index < -0.39 is 20.0 Å². The topological polar surface area (TPSA) is 85.3 Å². The van der Waals surface area contributed by atoms with Gasteiger partial charge in [-0.2, -0.15) is 0 Å². The predicted molar refractivity (Wildman–Crippen MR) is 126 cm³/mol. The first-order chi connectivity index (χ1) is 15.9. The molecule has 0 bridgehead atoms. The van der Waals surface area contributed by atoms with Crippen molar-refractivity contribution >= 4 is 30.4 Å². The Labute approximate surface area is 197 Å². The highest BCUT2D eigenvalue weighted by molar-refractivity contribution is 7.64. The molecule has 2 atom stereocenters. The Morgan fingerprint density at radius 2 is 1.61 bits per heavy atom. The summed E-state index contributed by atoms with van der Waals surface area (Å²) in [7, 11) is -2.05. The van der Waals surface area contributed by atoms with Gasteiger partial charge in [0.05, 0.1) is 19.0 Å². The van der Waals surface area contributed by atoms with Gasteiger partial charge in [0, 0.05) is 11.1 Å². The molecule has 0 aromatic heterocycles. The van der Waals surface area contributed by atoms with E-state index in [-0.39, 0.29) is 12.6 Å². The number of carbonyl (C=O) groups is 1. The quantitative estimate of drug-likeness (QED) is 0.440. The van der Waals surface area contributed by atoms with E-state index >= 15 is 0 Å². The van der Waals surface area contributed by atoms with Crippen molar-refractivity contribution in [3.05, 3.63) is 83.4 Å². The third kappa shape index (κ3) is 5.23. The van der Waals surface area contributed by atoms with Gasteiger partial charge in [0.2, 0.25) is 0 Å². The second-order valence-corrected chi connectivity index (χ2v) is 10.2. The molecule has 4 rings (SSSR count). The van der Waals surface area contributed by atoms with Gasteiger partial charge in [0.15, 0.2) is 0 Å². The molecule has 7 nitrogen and oxygen atoms in total. The summed E-state index contributed by atoms with van der Waals surface area (Å²) in [5, 5.41) is 10.6. The standard InChI is InChI=1S/C24H23ClNO6P/c1-30-19-6-2-17(3-7-19)23-14-15-31-33(29,26(23)16-24(27)28)22-12-10-21(11-13-22)32-20-8-4-18(25)5-9-20/h2-13,23H,14-16H2,1H3,(H,27,28). The van der Waals surface area contributed by atoms with Crippen molar-refractivity contribution in [1.29, 1.82) is 0 Å². The lowest BCUT2D eigenvalue weighted by Gasteiger charge is -2.40. The zero-order chi connectivity index (χ0) is 23.4.